The van der Waals surface area contributed by atoms with Gasteiger partial charge in [0.15, 0.2) is 23.3 Å². The topological polar surface area (TPSA) is 117 Å². The van der Waals surface area contributed by atoms with E-state index < -0.39 is 30.3 Å². The van der Waals surface area contributed by atoms with E-state index in [-0.39, 0.29) is 23.5 Å². The Kier molecular flexibility index (Phi) is 5.85. The van der Waals surface area contributed by atoms with Crippen molar-refractivity contribution in [3.8, 4) is 11.5 Å². The van der Waals surface area contributed by atoms with Crippen LogP contribution in [0.4, 0.5) is 35.4 Å². The molecule has 0 unspecified atom stereocenters. The Morgan fingerprint density at radius 1 is 1.22 bits per heavy atom. The molecule has 1 N–H and O–H groups in total. The second-order valence-corrected chi connectivity index (χ2v) is 8.81. The third-order valence-electron chi connectivity index (χ3n) is 6.25. The highest BCUT2D eigenvalue weighted by Gasteiger charge is 2.41. The fraction of sp³-hybridized carbons (Fsp3) is 0.391. The number of hydrogen-bond donors (Lipinski definition) is 1. The highest BCUT2D eigenvalue weighted by molar-refractivity contribution is 6.04. The predicted molar refractivity (Wildman–Crippen MR) is 123 cm³/mol. The fourth-order valence-electron chi connectivity index (χ4n) is 4.32. The number of nitrogens with zero attached hydrogens (tertiary/aromatic N) is 6. The average Bonchev–Trinajstić information content (AvgIpc) is 3.45. The zero-order valence-corrected chi connectivity index (χ0v) is 19.4. The van der Waals surface area contributed by atoms with E-state index in [1.807, 2.05) is 4.90 Å². The molecule has 1 saturated heterocycles. The quantitative estimate of drug-likeness (QED) is 0.516. The normalized spacial score (nSPS) is 17.6. The highest BCUT2D eigenvalue weighted by atomic mass is 19.4. The number of alkyl halides is 3. The molecular weight excluding hydrogens is 479 g/mol. The van der Waals surface area contributed by atoms with E-state index >= 15 is 0 Å². The van der Waals surface area contributed by atoms with Gasteiger partial charge in [0.25, 0.3) is 0 Å². The molecule has 2 bridgehead atoms. The number of hydrogen-bond acceptors (Lipinski definition) is 8. The Morgan fingerprint density at radius 3 is 2.75 bits per heavy atom. The molecule has 188 valence electrons. The van der Waals surface area contributed by atoms with Gasteiger partial charge in [0.1, 0.15) is 11.4 Å². The van der Waals surface area contributed by atoms with E-state index in [1.165, 1.54) is 23.4 Å². The smallest absolute Gasteiger partial charge is 0.391 e. The Hall–Kier alpha value is -4.03. The van der Waals surface area contributed by atoms with Gasteiger partial charge in [-0.3, -0.25) is 15.0 Å². The molecule has 0 radical (unpaired) electrons. The average molecular weight is 501 g/mol. The third kappa shape index (κ3) is 4.48. The van der Waals surface area contributed by atoms with Gasteiger partial charge in [0.05, 0.1) is 23.8 Å². The lowest BCUT2D eigenvalue weighted by Gasteiger charge is -2.35. The summed E-state index contributed by atoms with van der Waals surface area (Å²) in [6.07, 6.45) is -1.57. The monoisotopic (exact) mass is 501 g/mol. The predicted octanol–water partition coefficient (Wildman–Crippen LogP) is 4.24. The summed E-state index contributed by atoms with van der Waals surface area (Å²) in [4.78, 5) is 46.2. The van der Waals surface area contributed by atoms with Crippen LogP contribution >= 0.6 is 0 Å². The molecular formula is C23H22F3N7O3. The molecule has 2 amide bonds. The number of urea groups is 1. The molecule has 0 aromatic carbocycles. The molecule has 0 spiro atoms. The summed E-state index contributed by atoms with van der Waals surface area (Å²) in [5.41, 5.74) is 0.937. The van der Waals surface area contributed by atoms with Gasteiger partial charge < -0.3 is 9.32 Å². The molecule has 2 aliphatic heterocycles. The van der Waals surface area contributed by atoms with Gasteiger partial charge in [-0.1, -0.05) is 6.92 Å². The first kappa shape index (κ1) is 23.7. The second-order valence-electron chi connectivity index (χ2n) is 8.81. The van der Waals surface area contributed by atoms with Crippen LogP contribution in [-0.4, -0.2) is 57.1 Å². The fourth-order valence-corrected chi connectivity index (χ4v) is 4.32. The number of nitrogens with one attached hydrogen (secondary N) is 1. The highest BCUT2D eigenvalue weighted by Crippen LogP contribution is 2.39. The molecule has 3 aromatic heterocycles. The first-order valence-corrected chi connectivity index (χ1v) is 11.3. The van der Waals surface area contributed by atoms with Gasteiger partial charge in [-0.2, -0.15) is 13.2 Å². The van der Waals surface area contributed by atoms with Crippen molar-refractivity contribution in [1.29, 1.82) is 0 Å². The maximum atomic E-state index is 13.4. The summed E-state index contributed by atoms with van der Waals surface area (Å²) in [6.45, 7) is 3.90. The number of amides is 2. The van der Waals surface area contributed by atoms with Crippen LogP contribution in [0.15, 0.2) is 35.0 Å². The van der Waals surface area contributed by atoms with Gasteiger partial charge in [0.2, 0.25) is 5.95 Å². The summed E-state index contributed by atoms with van der Waals surface area (Å²) in [6, 6.07) is 3.85. The van der Waals surface area contributed by atoms with Crippen molar-refractivity contribution in [2.45, 2.75) is 38.9 Å². The number of aryl methyl sites for hydroxylation is 1. The number of pyridine rings is 1. The standard InChI is InChI=1S/C23H22F3N7O3/c1-12(23(24,25)26)9-18(34)15-3-4-17-20(29-15)33(14-6-8-32(17)11-14)22(35)31-21-27-7-5-16(30-21)19-10-28-13(2)36-19/h3-5,7,10,12,14H,6,8-9,11H2,1-2H3,(H,27,30,31,35)/t12-,14-/m0/s1. The summed E-state index contributed by atoms with van der Waals surface area (Å²) in [5.74, 6) is -1.42. The van der Waals surface area contributed by atoms with Crippen molar-refractivity contribution in [3.63, 3.8) is 0 Å². The van der Waals surface area contributed by atoms with Gasteiger partial charge in [-0.25, -0.2) is 24.7 Å². The molecule has 36 heavy (non-hydrogen) atoms. The molecule has 0 saturated carbocycles. The van der Waals surface area contributed by atoms with E-state index in [2.05, 4.69) is 25.3 Å². The number of anilines is 3. The number of fused-ring (bicyclic) bond motifs is 4. The van der Waals surface area contributed by atoms with E-state index in [9.17, 15) is 22.8 Å². The lowest BCUT2D eigenvalue weighted by atomic mass is 10.0. The summed E-state index contributed by atoms with van der Waals surface area (Å²) in [5, 5.41) is 2.66. The second kappa shape index (κ2) is 8.88. The van der Waals surface area contributed by atoms with Crippen LogP contribution in [0.1, 0.15) is 36.1 Å². The van der Waals surface area contributed by atoms with Crippen molar-refractivity contribution >= 4 is 29.3 Å². The van der Waals surface area contributed by atoms with Crippen LogP contribution in [0.3, 0.4) is 0 Å². The van der Waals surface area contributed by atoms with Gasteiger partial charge in [-0.15, -0.1) is 0 Å². The zero-order chi connectivity index (χ0) is 25.6. The van der Waals surface area contributed by atoms with E-state index in [4.69, 9.17) is 4.42 Å². The zero-order valence-electron chi connectivity index (χ0n) is 19.4. The third-order valence-corrected chi connectivity index (χ3v) is 6.25. The van der Waals surface area contributed by atoms with Crippen LogP contribution in [0.2, 0.25) is 0 Å². The Labute approximate surface area is 203 Å². The Bertz CT molecular complexity index is 1330. The molecule has 1 fully saturated rings. The lowest BCUT2D eigenvalue weighted by Crippen LogP contribution is -2.48. The SMILES string of the molecule is Cc1ncc(-c2ccnc(NC(=O)N3c4nc(C(=O)C[C@H](C)C(F)(F)F)ccc4N4CC[C@H]3C4)n2)o1. The minimum Gasteiger partial charge on any atom is -0.439 e. The summed E-state index contributed by atoms with van der Waals surface area (Å²) >= 11 is 0. The van der Waals surface area contributed by atoms with Crippen molar-refractivity contribution in [3.05, 3.63) is 42.2 Å². The molecule has 5 heterocycles. The van der Waals surface area contributed by atoms with Crippen molar-refractivity contribution in [2.75, 3.05) is 28.2 Å². The summed E-state index contributed by atoms with van der Waals surface area (Å²) < 4.78 is 44.4. The lowest BCUT2D eigenvalue weighted by molar-refractivity contribution is -0.168. The number of halogens is 3. The molecule has 0 aliphatic carbocycles. The van der Waals surface area contributed by atoms with Crippen LogP contribution in [0.25, 0.3) is 11.5 Å². The van der Waals surface area contributed by atoms with Crippen LogP contribution in [0, 0.1) is 12.8 Å². The van der Waals surface area contributed by atoms with Crippen molar-refractivity contribution < 1.29 is 27.2 Å². The van der Waals surface area contributed by atoms with E-state index in [0.29, 0.717) is 42.5 Å². The van der Waals surface area contributed by atoms with Crippen LogP contribution in [-0.2, 0) is 0 Å². The minimum atomic E-state index is -4.49. The van der Waals surface area contributed by atoms with Crippen molar-refractivity contribution in [1.82, 2.24) is 19.9 Å². The van der Waals surface area contributed by atoms with E-state index in [0.717, 1.165) is 6.92 Å². The number of carbonyl (C=O) groups excluding carboxylic acids is 2. The Balaban J connectivity index is 1.41. The maximum Gasteiger partial charge on any atom is 0.391 e. The number of ketones is 1. The summed E-state index contributed by atoms with van der Waals surface area (Å²) in [7, 11) is 0. The molecule has 5 rings (SSSR count). The van der Waals surface area contributed by atoms with Crippen LogP contribution < -0.4 is 15.1 Å². The largest absolute Gasteiger partial charge is 0.439 e. The number of carbonyl (C=O) groups is 2. The number of Topliss-reactive ketones (excluding diaryl/α,β-unsaturated/α-hetero) is 1. The van der Waals surface area contributed by atoms with E-state index in [1.54, 1.807) is 19.1 Å². The number of rotatable bonds is 5. The molecule has 13 heteroatoms. The van der Waals surface area contributed by atoms with Gasteiger partial charge in [-0.05, 0) is 24.6 Å². The number of aromatic nitrogens is 4. The molecule has 2 aliphatic rings. The maximum absolute atomic E-state index is 13.4. The van der Waals surface area contributed by atoms with Gasteiger partial charge in [0, 0.05) is 32.6 Å². The first-order chi connectivity index (χ1) is 17.1. The first-order valence-electron chi connectivity index (χ1n) is 11.3. The molecule has 3 aromatic rings. The Morgan fingerprint density at radius 2 is 2.03 bits per heavy atom. The van der Waals surface area contributed by atoms with Crippen LogP contribution in [0.5, 0.6) is 0 Å². The minimum absolute atomic E-state index is 0.0276. The van der Waals surface area contributed by atoms with Gasteiger partial charge >= 0.3 is 12.2 Å². The van der Waals surface area contributed by atoms with Crippen molar-refractivity contribution in [2.24, 2.45) is 5.92 Å². The molecule has 10 nitrogen and oxygen atoms in total. The molecule has 2 atom stereocenters. The number of oxazole rings is 1.